The van der Waals surface area contributed by atoms with E-state index >= 15 is 0 Å². The summed E-state index contributed by atoms with van der Waals surface area (Å²) in [5, 5.41) is 3.88. The van der Waals surface area contributed by atoms with E-state index in [1.807, 2.05) is 60.8 Å². The van der Waals surface area contributed by atoms with E-state index < -0.39 is 0 Å². The van der Waals surface area contributed by atoms with Crippen LogP contribution in [-0.2, 0) is 19.4 Å². The summed E-state index contributed by atoms with van der Waals surface area (Å²) in [6, 6.07) is 25.9. The smallest absolute Gasteiger partial charge is 0.259 e. The molecule has 1 amide bonds. The largest absolute Gasteiger partial charge is 0.489 e. The molecule has 188 valence electrons. The third-order valence-electron chi connectivity index (χ3n) is 6.65. The van der Waals surface area contributed by atoms with E-state index in [9.17, 15) is 4.79 Å². The first-order valence-corrected chi connectivity index (χ1v) is 13.8. The van der Waals surface area contributed by atoms with Crippen LogP contribution >= 0.6 is 11.3 Å². The maximum absolute atomic E-state index is 13.4. The van der Waals surface area contributed by atoms with Gasteiger partial charge in [0.05, 0.1) is 5.56 Å². The van der Waals surface area contributed by atoms with Gasteiger partial charge in [-0.2, -0.15) is 0 Å². The van der Waals surface area contributed by atoms with Crippen molar-refractivity contribution in [2.24, 2.45) is 4.99 Å². The molecule has 0 fully saturated rings. The second kappa shape index (κ2) is 12.0. The van der Waals surface area contributed by atoms with Crippen molar-refractivity contribution < 1.29 is 9.53 Å². The first-order chi connectivity index (χ1) is 18.2. The molecule has 1 aliphatic carbocycles. The topological polar surface area (TPSA) is 50.7 Å². The number of benzene rings is 3. The maximum atomic E-state index is 13.4. The van der Waals surface area contributed by atoms with Crippen molar-refractivity contribution in [2.75, 3.05) is 5.32 Å². The molecule has 5 rings (SSSR count). The molecular formula is C32H32N2O2S. The van der Waals surface area contributed by atoms with Crippen LogP contribution in [0.25, 0.3) is 0 Å². The molecule has 4 nitrogen and oxygen atoms in total. The first kappa shape index (κ1) is 25.0. The molecule has 4 aromatic rings. The predicted molar refractivity (Wildman–Crippen MR) is 154 cm³/mol. The summed E-state index contributed by atoms with van der Waals surface area (Å²) in [6.45, 7) is 2.62. The Morgan fingerprint density at radius 1 is 0.919 bits per heavy atom. The Bertz CT molecular complexity index is 1360. The van der Waals surface area contributed by atoms with Gasteiger partial charge in [0.1, 0.15) is 17.4 Å². The van der Waals surface area contributed by atoms with Gasteiger partial charge < -0.3 is 10.1 Å². The van der Waals surface area contributed by atoms with Crippen molar-refractivity contribution >= 4 is 34.1 Å². The number of fused-ring (bicyclic) bond motifs is 1. The van der Waals surface area contributed by atoms with Crippen molar-refractivity contribution in [2.45, 2.75) is 52.1 Å². The average molecular weight is 509 g/mol. The van der Waals surface area contributed by atoms with Crippen LogP contribution in [0.4, 0.5) is 10.7 Å². The van der Waals surface area contributed by atoms with Gasteiger partial charge in [0, 0.05) is 16.8 Å². The van der Waals surface area contributed by atoms with Crippen molar-refractivity contribution in [1.82, 2.24) is 0 Å². The Kier molecular flexibility index (Phi) is 8.11. The molecule has 0 atom stereocenters. The molecule has 0 radical (unpaired) electrons. The van der Waals surface area contributed by atoms with Crippen LogP contribution in [-0.4, -0.2) is 12.1 Å². The minimum atomic E-state index is -0.0729. The van der Waals surface area contributed by atoms with E-state index in [1.165, 1.54) is 35.3 Å². The van der Waals surface area contributed by atoms with Crippen LogP contribution in [0, 0.1) is 6.92 Å². The third-order valence-corrected chi connectivity index (χ3v) is 7.85. The fourth-order valence-corrected chi connectivity index (χ4v) is 5.81. The van der Waals surface area contributed by atoms with E-state index in [4.69, 9.17) is 9.73 Å². The molecule has 0 bridgehead atoms. The summed E-state index contributed by atoms with van der Waals surface area (Å²) in [4.78, 5) is 19.6. The minimum absolute atomic E-state index is 0.0729. The van der Waals surface area contributed by atoms with E-state index in [1.54, 1.807) is 11.3 Å². The highest BCUT2D eigenvalue weighted by molar-refractivity contribution is 7.16. The van der Waals surface area contributed by atoms with Crippen LogP contribution in [0.1, 0.15) is 63.2 Å². The lowest BCUT2D eigenvalue weighted by Crippen LogP contribution is -2.14. The SMILES string of the molecule is Cc1ccc(COc2ccc(C=Nc3sc4c(c3C(=O)Nc3ccccc3)CCCCCC4)cc2)cc1. The van der Waals surface area contributed by atoms with Crippen LogP contribution in [0.5, 0.6) is 5.75 Å². The normalized spacial score (nSPS) is 13.5. The molecule has 1 heterocycles. The Labute approximate surface area is 223 Å². The Morgan fingerprint density at radius 2 is 1.65 bits per heavy atom. The number of ether oxygens (including phenoxy) is 1. The zero-order chi connectivity index (χ0) is 25.5. The zero-order valence-corrected chi connectivity index (χ0v) is 22.0. The van der Waals surface area contributed by atoms with Gasteiger partial charge >= 0.3 is 0 Å². The summed E-state index contributed by atoms with van der Waals surface area (Å²) < 4.78 is 5.94. The van der Waals surface area contributed by atoms with Crippen molar-refractivity contribution in [1.29, 1.82) is 0 Å². The molecule has 1 N–H and O–H groups in total. The van der Waals surface area contributed by atoms with Crippen molar-refractivity contribution in [3.63, 3.8) is 0 Å². The van der Waals surface area contributed by atoms with Gasteiger partial charge in [-0.3, -0.25) is 4.79 Å². The summed E-state index contributed by atoms with van der Waals surface area (Å²) >= 11 is 1.67. The molecule has 0 aliphatic heterocycles. The molecule has 0 saturated carbocycles. The average Bonchev–Trinajstić information content (AvgIpc) is 3.24. The molecule has 5 heteroatoms. The number of aryl methyl sites for hydroxylation is 2. The van der Waals surface area contributed by atoms with Gasteiger partial charge in [-0.05, 0) is 85.7 Å². The number of thiophene rings is 1. The Hall–Kier alpha value is -3.70. The highest BCUT2D eigenvalue weighted by Gasteiger charge is 2.24. The predicted octanol–water partition coefficient (Wildman–Crippen LogP) is 8.30. The Balaban J connectivity index is 1.34. The molecule has 1 aliphatic rings. The molecular weight excluding hydrogens is 476 g/mol. The number of aliphatic imine (C=N–C) groups is 1. The summed E-state index contributed by atoms with van der Waals surface area (Å²) in [7, 11) is 0. The number of carbonyl (C=O) groups is 1. The van der Waals surface area contributed by atoms with E-state index in [0.717, 1.165) is 52.4 Å². The zero-order valence-electron chi connectivity index (χ0n) is 21.2. The second-order valence-electron chi connectivity index (χ2n) is 9.52. The van der Waals surface area contributed by atoms with Gasteiger partial charge in [0.2, 0.25) is 0 Å². The number of para-hydroxylation sites is 1. The lowest BCUT2D eigenvalue weighted by atomic mass is 9.96. The molecule has 1 aromatic heterocycles. The highest BCUT2D eigenvalue weighted by Crippen LogP contribution is 2.39. The number of anilines is 1. The number of hydrogen-bond donors (Lipinski definition) is 1. The maximum Gasteiger partial charge on any atom is 0.259 e. The lowest BCUT2D eigenvalue weighted by molar-refractivity contribution is 0.102. The van der Waals surface area contributed by atoms with Gasteiger partial charge in [-0.25, -0.2) is 4.99 Å². The van der Waals surface area contributed by atoms with Crippen molar-refractivity contribution in [3.8, 4) is 5.75 Å². The molecule has 0 spiro atoms. The fraction of sp³-hybridized carbons (Fsp3) is 0.250. The number of carbonyl (C=O) groups excluding carboxylic acids is 1. The Morgan fingerprint density at radius 3 is 2.41 bits per heavy atom. The summed E-state index contributed by atoms with van der Waals surface area (Å²) in [5.74, 6) is 0.746. The van der Waals surface area contributed by atoms with E-state index in [-0.39, 0.29) is 5.91 Å². The number of amides is 1. The number of nitrogens with zero attached hydrogens (tertiary/aromatic N) is 1. The molecule has 0 saturated heterocycles. The lowest BCUT2D eigenvalue weighted by Gasteiger charge is -2.12. The number of rotatable bonds is 7. The van der Waals surface area contributed by atoms with Crippen LogP contribution < -0.4 is 10.1 Å². The second-order valence-corrected chi connectivity index (χ2v) is 10.6. The summed E-state index contributed by atoms with van der Waals surface area (Å²) in [6.07, 6.45) is 8.55. The molecule has 0 unspecified atom stereocenters. The summed E-state index contributed by atoms with van der Waals surface area (Å²) in [5.41, 5.74) is 6.08. The molecule has 37 heavy (non-hydrogen) atoms. The third kappa shape index (κ3) is 6.55. The highest BCUT2D eigenvalue weighted by atomic mass is 32.1. The quantitative estimate of drug-likeness (QED) is 0.255. The number of nitrogens with one attached hydrogen (secondary N) is 1. The minimum Gasteiger partial charge on any atom is -0.489 e. The van der Waals surface area contributed by atoms with Gasteiger partial charge in [0.15, 0.2) is 0 Å². The van der Waals surface area contributed by atoms with Crippen molar-refractivity contribution in [3.05, 3.63) is 112 Å². The van der Waals surface area contributed by atoms with E-state index in [0.29, 0.717) is 6.61 Å². The van der Waals surface area contributed by atoms with Gasteiger partial charge in [0.25, 0.3) is 5.91 Å². The van der Waals surface area contributed by atoms with Gasteiger partial charge in [-0.1, -0.05) is 60.9 Å². The van der Waals surface area contributed by atoms with Crippen LogP contribution in [0.3, 0.4) is 0 Å². The van der Waals surface area contributed by atoms with E-state index in [2.05, 4.69) is 36.5 Å². The first-order valence-electron chi connectivity index (χ1n) is 13.0. The standard InChI is InChI=1S/C32H32N2O2S/c1-23-13-15-25(16-14-23)22-36-27-19-17-24(18-20-27)21-33-32-30(31(35)34-26-9-5-4-6-10-26)28-11-7-2-3-8-12-29(28)37-32/h4-6,9-10,13-21H,2-3,7-8,11-12,22H2,1H3,(H,34,35). The number of hydrogen-bond acceptors (Lipinski definition) is 4. The van der Waals surface area contributed by atoms with Crippen LogP contribution in [0.15, 0.2) is 83.9 Å². The fourth-order valence-electron chi connectivity index (χ4n) is 4.58. The molecule has 3 aromatic carbocycles. The monoisotopic (exact) mass is 508 g/mol. The van der Waals surface area contributed by atoms with Crippen LogP contribution in [0.2, 0.25) is 0 Å². The van der Waals surface area contributed by atoms with Gasteiger partial charge in [-0.15, -0.1) is 11.3 Å².